The minimum absolute atomic E-state index is 0.0279. The SMILES string of the molecule is C=C1C(=O)[C@@]23C(CC[C@@H]1[C@H]2O)C12CO[C@@]3(O)C(O)C1[C@](C)(COC(C)=O)CC[C@H]2O. The van der Waals surface area contributed by atoms with Crippen molar-refractivity contribution < 1.29 is 39.5 Å². The smallest absolute Gasteiger partial charge is 0.302 e. The summed E-state index contributed by atoms with van der Waals surface area (Å²) in [4.78, 5) is 25.0. The second-order valence-electron chi connectivity index (χ2n) is 10.4. The second-order valence-corrected chi connectivity index (χ2v) is 10.4. The Bertz CT molecular complexity index is 841. The molecule has 2 aliphatic heterocycles. The third-order valence-corrected chi connectivity index (χ3v) is 9.32. The van der Waals surface area contributed by atoms with Gasteiger partial charge in [-0.2, -0.15) is 0 Å². The third-order valence-electron chi connectivity index (χ3n) is 9.32. The van der Waals surface area contributed by atoms with Gasteiger partial charge in [-0.1, -0.05) is 13.5 Å². The van der Waals surface area contributed by atoms with E-state index in [1.54, 1.807) is 0 Å². The van der Waals surface area contributed by atoms with Crippen LogP contribution in [0.5, 0.6) is 0 Å². The molecule has 2 saturated heterocycles. The maximum absolute atomic E-state index is 13.5. The molecule has 30 heavy (non-hydrogen) atoms. The molecule has 4 aliphatic carbocycles. The lowest BCUT2D eigenvalue weighted by atomic mass is 9.35. The van der Waals surface area contributed by atoms with E-state index in [9.17, 15) is 30.0 Å². The van der Waals surface area contributed by atoms with Crippen LogP contribution in [0.3, 0.4) is 0 Å². The molecule has 0 aromatic carbocycles. The standard InChI is InChI=1S/C22H30O8/c1-10-12-4-5-13-20-9-30-22(28,21(13,16(10)25)17(12)26)18(27)15(20)19(3,7-6-14(20)24)8-29-11(2)23/h12-15,17-18,24,26-28H,1,4-9H2,2-3H3/t12-,13?,14+,15?,17+,18?,19-,20?,21-,22-/m0/s1. The minimum Gasteiger partial charge on any atom is -0.465 e. The molecule has 2 spiro atoms. The average molecular weight is 422 g/mol. The number of aliphatic hydroxyl groups excluding tert-OH is 3. The summed E-state index contributed by atoms with van der Waals surface area (Å²) in [5.74, 6) is -4.96. The lowest BCUT2D eigenvalue weighted by Gasteiger charge is -2.74. The van der Waals surface area contributed by atoms with Crippen LogP contribution in [0.1, 0.15) is 39.5 Å². The van der Waals surface area contributed by atoms with Crippen molar-refractivity contribution in [2.75, 3.05) is 13.2 Å². The van der Waals surface area contributed by atoms with Gasteiger partial charge >= 0.3 is 5.97 Å². The third kappa shape index (κ3) is 1.92. The highest BCUT2D eigenvalue weighted by Gasteiger charge is 2.87. The summed E-state index contributed by atoms with van der Waals surface area (Å²) in [6, 6.07) is 0. The Kier molecular flexibility index (Phi) is 4.06. The van der Waals surface area contributed by atoms with E-state index in [2.05, 4.69) is 6.58 Å². The van der Waals surface area contributed by atoms with Gasteiger partial charge in [-0.3, -0.25) is 9.59 Å². The van der Waals surface area contributed by atoms with Gasteiger partial charge in [0.05, 0.1) is 25.4 Å². The summed E-state index contributed by atoms with van der Waals surface area (Å²) in [6.45, 7) is 7.06. The number of carbonyl (C=O) groups is 2. The number of carbonyl (C=O) groups excluding carboxylic acids is 2. The Morgan fingerprint density at radius 2 is 1.93 bits per heavy atom. The fraction of sp³-hybridized carbons (Fsp3) is 0.818. The Morgan fingerprint density at radius 1 is 1.23 bits per heavy atom. The molecule has 4 N–H and O–H groups in total. The Hall–Kier alpha value is -1.32. The fourth-order valence-corrected chi connectivity index (χ4v) is 8.16. The fourth-order valence-electron chi connectivity index (χ4n) is 8.16. The van der Waals surface area contributed by atoms with Crippen LogP contribution < -0.4 is 0 Å². The van der Waals surface area contributed by atoms with Crippen molar-refractivity contribution >= 4 is 11.8 Å². The van der Waals surface area contributed by atoms with Gasteiger partial charge in [0, 0.05) is 29.6 Å². The highest BCUT2D eigenvalue weighted by Crippen LogP contribution is 2.76. The summed E-state index contributed by atoms with van der Waals surface area (Å²) in [6.07, 6.45) is -1.78. The van der Waals surface area contributed by atoms with Crippen molar-refractivity contribution in [1.82, 2.24) is 0 Å². The molecular weight excluding hydrogens is 392 g/mol. The molecular formula is C22H30O8. The molecule has 166 valence electrons. The van der Waals surface area contributed by atoms with Gasteiger partial charge in [-0.15, -0.1) is 0 Å². The molecule has 8 nitrogen and oxygen atoms in total. The van der Waals surface area contributed by atoms with Crippen molar-refractivity contribution in [3.8, 4) is 0 Å². The summed E-state index contributed by atoms with van der Waals surface area (Å²) >= 11 is 0. The lowest BCUT2D eigenvalue weighted by Crippen LogP contribution is -2.86. The van der Waals surface area contributed by atoms with Crippen molar-refractivity contribution in [3.05, 3.63) is 12.2 Å². The predicted molar refractivity (Wildman–Crippen MR) is 102 cm³/mol. The molecule has 4 saturated carbocycles. The van der Waals surface area contributed by atoms with Crippen molar-refractivity contribution in [1.29, 1.82) is 0 Å². The van der Waals surface area contributed by atoms with Crippen LogP contribution in [0.25, 0.3) is 0 Å². The van der Waals surface area contributed by atoms with Crippen molar-refractivity contribution in [2.24, 2.45) is 34.0 Å². The van der Waals surface area contributed by atoms with Gasteiger partial charge < -0.3 is 29.9 Å². The molecule has 8 heteroatoms. The number of rotatable bonds is 2. The van der Waals surface area contributed by atoms with Gasteiger partial charge in [0.1, 0.15) is 11.5 Å². The lowest BCUT2D eigenvalue weighted by molar-refractivity contribution is -0.459. The van der Waals surface area contributed by atoms with Crippen LogP contribution in [-0.2, 0) is 19.1 Å². The number of fused-ring (bicyclic) bond motifs is 2. The van der Waals surface area contributed by atoms with E-state index in [1.165, 1.54) is 6.92 Å². The van der Waals surface area contributed by atoms with Gasteiger partial charge in [0.2, 0.25) is 5.79 Å². The number of aliphatic hydroxyl groups is 4. The molecule has 0 aromatic heterocycles. The maximum atomic E-state index is 13.5. The topological polar surface area (TPSA) is 134 Å². The Labute approximate surface area is 174 Å². The molecule has 0 radical (unpaired) electrons. The molecule has 0 amide bonds. The number of esters is 1. The van der Waals surface area contributed by atoms with E-state index < -0.39 is 69.9 Å². The van der Waals surface area contributed by atoms with Crippen molar-refractivity contribution in [2.45, 2.75) is 63.6 Å². The van der Waals surface area contributed by atoms with E-state index in [0.29, 0.717) is 25.7 Å². The highest BCUT2D eigenvalue weighted by molar-refractivity contribution is 6.05. The molecule has 4 bridgehead atoms. The van der Waals surface area contributed by atoms with Crippen LogP contribution >= 0.6 is 0 Å². The highest BCUT2D eigenvalue weighted by atomic mass is 16.6. The first kappa shape index (κ1) is 20.6. The second kappa shape index (κ2) is 5.92. The first-order valence-electron chi connectivity index (χ1n) is 10.8. The number of ether oxygens (including phenoxy) is 2. The molecule has 6 rings (SSSR count). The van der Waals surface area contributed by atoms with Gasteiger partial charge in [0.15, 0.2) is 5.78 Å². The zero-order valence-electron chi connectivity index (χ0n) is 17.3. The maximum Gasteiger partial charge on any atom is 0.302 e. The van der Waals surface area contributed by atoms with Crippen LogP contribution in [0.15, 0.2) is 12.2 Å². The Balaban J connectivity index is 1.71. The summed E-state index contributed by atoms with van der Waals surface area (Å²) in [5.41, 5.74) is -3.28. The molecule has 6 fully saturated rings. The van der Waals surface area contributed by atoms with E-state index in [0.717, 1.165) is 0 Å². The quantitative estimate of drug-likeness (QED) is 0.359. The van der Waals surface area contributed by atoms with Crippen LogP contribution in [0, 0.1) is 34.0 Å². The zero-order valence-corrected chi connectivity index (χ0v) is 17.3. The number of hydrogen-bond donors (Lipinski definition) is 4. The monoisotopic (exact) mass is 422 g/mol. The van der Waals surface area contributed by atoms with E-state index in [1.807, 2.05) is 6.92 Å². The molecule has 10 atom stereocenters. The van der Waals surface area contributed by atoms with Crippen molar-refractivity contribution in [3.63, 3.8) is 0 Å². The van der Waals surface area contributed by atoms with Crippen LogP contribution in [0.2, 0.25) is 0 Å². The minimum atomic E-state index is -2.30. The molecule has 6 aliphatic rings. The summed E-state index contributed by atoms with van der Waals surface area (Å²) < 4.78 is 11.1. The van der Waals surface area contributed by atoms with E-state index in [4.69, 9.17) is 9.47 Å². The van der Waals surface area contributed by atoms with E-state index >= 15 is 0 Å². The molecule has 0 aromatic rings. The Morgan fingerprint density at radius 3 is 2.60 bits per heavy atom. The molecule has 4 unspecified atom stereocenters. The van der Waals surface area contributed by atoms with E-state index in [-0.39, 0.29) is 18.8 Å². The van der Waals surface area contributed by atoms with Gasteiger partial charge in [0.25, 0.3) is 0 Å². The van der Waals surface area contributed by atoms with Crippen LogP contribution in [-0.4, -0.2) is 69.5 Å². The normalized spacial score (nSPS) is 56.5. The first-order valence-corrected chi connectivity index (χ1v) is 10.8. The zero-order chi connectivity index (χ0) is 21.9. The first-order chi connectivity index (χ1) is 14.0. The number of ketones is 1. The largest absolute Gasteiger partial charge is 0.465 e. The average Bonchev–Trinajstić information content (AvgIpc) is 2.80. The summed E-state index contributed by atoms with van der Waals surface area (Å²) in [7, 11) is 0. The number of hydrogen-bond acceptors (Lipinski definition) is 8. The number of Topliss-reactive ketones (excluding diaryl/α,β-unsaturated/α-hetero) is 1. The summed E-state index contributed by atoms with van der Waals surface area (Å²) in [5, 5.41) is 45.8. The predicted octanol–water partition coefficient (Wildman–Crippen LogP) is -0.0812. The molecule has 2 heterocycles. The van der Waals surface area contributed by atoms with Crippen LogP contribution in [0.4, 0.5) is 0 Å². The van der Waals surface area contributed by atoms with Gasteiger partial charge in [-0.25, -0.2) is 0 Å². The van der Waals surface area contributed by atoms with Gasteiger partial charge in [-0.05, 0) is 37.2 Å².